The molecule has 0 amide bonds. The molecule has 1 aromatic heterocycles. The van der Waals surface area contributed by atoms with Crippen LogP contribution in [0.2, 0.25) is 0 Å². The minimum atomic E-state index is -3.54. The number of hydrogen-bond acceptors (Lipinski definition) is 5. The van der Waals surface area contributed by atoms with Gasteiger partial charge in [-0.2, -0.15) is 5.10 Å². The van der Waals surface area contributed by atoms with Gasteiger partial charge in [0.05, 0.1) is 18.0 Å². The standard InChI is InChI=1S/C12H16N4O3S/c1-10(16-9-13-8-14-16)7-15-20(17,18)12-5-3-11(19-2)4-6-12/h3-6,8-10,15H,7H2,1-2H3/t10-/m0/s1. The maximum absolute atomic E-state index is 12.1. The molecule has 0 aliphatic heterocycles. The maximum Gasteiger partial charge on any atom is 0.240 e. The number of aromatic nitrogens is 3. The molecule has 0 radical (unpaired) electrons. The first kappa shape index (κ1) is 14.5. The van der Waals surface area contributed by atoms with E-state index in [0.29, 0.717) is 5.75 Å². The Morgan fingerprint density at radius 1 is 1.35 bits per heavy atom. The first-order valence-corrected chi connectivity index (χ1v) is 7.49. The van der Waals surface area contributed by atoms with Crippen LogP contribution in [-0.4, -0.2) is 36.8 Å². The molecule has 1 N–H and O–H groups in total. The smallest absolute Gasteiger partial charge is 0.240 e. The van der Waals surface area contributed by atoms with Crippen molar-refractivity contribution in [1.82, 2.24) is 19.5 Å². The van der Waals surface area contributed by atoms with E-state index in [2.05, 4.69) is 14.8 Å². The Morgan fingerprint density at radius 2 is 2.05 bits per heavy atom. The van der Waals surface area contributed by atoms with E-state index < -0.39 is 10.0 Å². The van der Waals surface area contributed by atoms with E-state index in [9.17, 15) is 8.42 Å². The lowest BCUT2D eigenvalue weighted by Gasteiger charge is -2.13. The second-order valence-electron chi connectivity index (χ2n) is 4.25. The number of ether oxygens (including phenoxy) is 1. The van der Waals surface area contributed by atoms with E-state index >= 15 is 0 Å². The number of hydrogen-bond donors (Lipinski definition) is 1. The van der Waals surface area contributed by atoms with Gasteiger partial charge < -0.3 is 4.74 Å². The molecule has 1 atom stereocenters. The predicted octanol–water partition coefficient (Wildman–Crippen LogP) is 0.826. The molecule has 20 heavy (non-hydrogen) atoms. The second kappa shape index (κ2) is 6.02. The van der Waals surface area contributed by atoms with Gasteiger partial charge in [0.1, 0.15) is 18.4 Å². The fourth-order valence-electron chi connectivity index (χ4n) is 1.61. The number of benzene rings is 1. The van der Waals surface area contributed by atoms with Gasteiger partial charge in [0, 0.05) is 6.54 Å². The molecule has 0 fully saturated rings. The largest absolute Gasteiger partial charge is 0.497 e. The maximum atomic E-state index is 12.1. The van der Waals surface area contributed by atoms with Crippen LogP contribution < -0.4 is 9.46 Å². The Labute approximate surface area is 117 Å². The Morgan fingerprint density at radius 3 is 2.60 bits per heavy atom. The van der Waals surface area contributed by atoms with Crippen molar-refractivity contribution in [2.45, 2.75) is 17.9 Å². The zero-order chi connectivity index (χ0) is 14.6. The molecular weight excluding hydrogens is 280 g/mol. The summed E-state index contributed by atoms with van der Waals surface area (Å²) in [5.74, 6) is 0.611. The van der Waals surface area contributed by atoms with Crippen molar-refractivity contribution in [2.75, 3.05) is 13.7 Å². The van der Waals surface area contributed by atoms with Crippen LogP contribution in [0.4, 0.5) is 0 Å². The molecule has 0 spiro atoms. The van der Waals surface area contributed by atoms with Crippen LogP contribution >= 0.6 is 0 Å². The lowest BCUT2D eigenvalue weighted by molar-refractivity contribution is 0.414. The summed E-state index contributed by atoms with van der Waals surface area (Å²) < 4.78 is 33.3. The van der Waals surface area contributed by atoms with E-state index in [4.69, 9.17) is 4.74 Å². The van der Waals surface area contributed by atoms with Crippen molar-refractivity contribution in [3.63, 3.8) is 0 Å². The van der Waals surface area contributed by atoms with Crippen molar-refractivity contribution in [2.24, 2.45) is 0 Å². The number of nitrogens with one attached hydrogen (secondary N) is 1. The van der Waals surface area contributed by atoms with Gasteiger partial charge in [-0.05, 0) is 31.2 Å². The number of nitrogens with zero attached hydrogens (tertiary/aromatic N) is 3. The highest BCUT2D eigenvalue weighted by atomic mass is 32.2. The summed E-state index contributed by atoms with van der Waals surface area (Å²) in [5, 5.41) is 3.97. The highest BCUT2D eigenvalue weighted by molar-refractivity contribution is 7.89. The van der Waals surface area contributed by atoms with Crippen LogP contribution in [0, 0.1) is 0 Å². The average molecular weight is 296 g/mol. The van der Waals surface area contributed by atoms with Gasteiger partial charge in [0.25, 0.3) is 0 Å². The molecule has 108 valence electrons. The molecule has 1 aromatic carbocycles. The first-order valence-electron chi connectivity index (χ1n) is 6.01. The Bertz CT molecular complexity index is 638. The quantitative estimate of drug-likeness (QED) is 0.853. The Balaban J connectivity index is 2.03. The molecule has 1 heterocycles. The summed E-state index contributed by atoms with van der Waals surface area (Å²) in [5.41, 5.74) is 0. The number of methoxy groups -OCH3 is 1. The van der Waals surface area contributed by atoms with Crippen molar-refractivity contribution >= 4 is 10.0 Å². The molecule has 0 saturated heterocycles. The lowest BCUT2D eigenvalue weighted by Crippen LogP contribution is -2.29. The zero-order valence-electron chi connectivity index (χ0n) is 11.2. The first-order chi connectivity index (χ1) is 9.53. The fourth-order valence-corrected chi connectivity index (χ4v) is 2.73. The molecule has 2 rings (SSSR count). The number of sulfonamides is 1. The molecule has 7 nitrogen and oxygen atoms in total. The second-order valence-corrected chi connectivity index (χ2v) is 6.02. The SMILES string of the molecule is COc1ccc(S(=O)(=O)NC[C@H](C)n2cncn2)cc1. The van der Waals surface area contributed by atoms with Gasteiger partial charge >= 0.3 is 0 Å². The lowest BCUT2D eigenvalue weighted by atomic mass is 10.3. The Kier molecular flexibility index (Phi) is 4.35. The molecule has 0 aliphatic carbocycles. The molecule has 8 heteroatoms. The molecule has 0 bridgehead atoms. The predicted molar refractivity (Wildman–Crippen MR) is 72.9 cm³/mol. The van der Waals surface area contributed by atoms with Crippen molar-refractivity contribution in [3.05, 3.63) is 36.9 Å². The van der Waals surface area contributed by atoms with E-state index in [-0.39, 0.29) is 17.5 Å². The van der Waals surface area contributed by atoms with Crippen LogP contribution in [0.15, 0.2) is 41.8 Å². The summed E-state index contributed by atoms with van der Waals surface area (Å²) >= 11 is 0. The molecular formula is C12H16N4O3S. The van der Waals surface area contributed by atoms with E-state index in [1.807, 2.05) is 6.92 Å². The monoisotopic (exact) mass is 296 g/mol. The molecule has 0 aliphatic rings. The minimum absolute atomic E-state index is 0.120. The highest BCUT2D eigenvalue weighted by Crippen LogP contribution is 2.15. The van der Waals surface area contributed by atoms with Crippen LogP contribution in [0.25, 0.3) is 0 Å². The van der Waals surface area contributed by atoms with Gasteiger partial charge in [0.2, 0.25) is 10.0 Å². The van der Waals surface area contributed by atoms with Crippen LogP contribution in [0.1, 0.15) is 13.0 Å². The van der Waals surface area contributed by atoms with Crippen LogP contribution in [-0.2, 0) is 10.0 Å². The number of rotatable bonds is 6. The Hall–Kier alpha value is -1.93. The third kappa shape index (κ3) is 3.34. The van der Waals surface area contributed by atoms with Gasteiger partial charge in [-0.3, -0.25) is 0 Å². The van der Waals surface area contributed by atoms with Gasteiger partial charge in [-0.1, -0.05) is 0 Å². The van der Waals surface area contributed by atoms with Gasteiger partial charge in [0.15, 0.2) is 0 Å². The van der Waals surface area contributed by atoms with Gasteiger partial charge in [-0.25, -0.2) is 22.8 Å². The van der Waals surface area contributed by atoms with Crippen molar-refractivity contribution in [3.8, 4) is 5.75 Å². The van der Waals surface area contributed by atoms with E-state index in [1.165, 1.54) is 25.6 Å². The third-order valence-electron chi connectivity index (χ3n) is 2.83. The summed E-state index contributed by atoms with van der Waals surface area (Å²) in [7, 11) is -2.01. The van der Waals surface area contributed by atoms with Gasteiger partial charge in [-0.15, -0.1) is 0 Å². The van der Waals surface area contributed by atoms with Crippen LogP contribution in [0.5, 0.6) is 5.75 Å². The highest BCUT2D eigenvalue weighted by Gasteiger charge is 2.16. The normalized spacial score (nSPS) is 13.1. The van der Waals surface area contributed by atoms with Crippen molar-refractivity contribution < 1.29 is 13.2 Å². The fraction of sp³-hybridized carbons (Fsp3) is 0.333. The topological polar surface area (TPSA) is 86.1 Å². The summed E-state index contributed by atoms with van der Waals surface area (Å²) in [6, 6.07) is 6.10. The molecule has 0 unspecified atom stereocenters. The average Bonchev–Trinajstić information content (AvgIpc) is 2.99. The van der Waals surface area contributed by atoms with E-state index in [1.54, 1.807) is 23.1 Å². The summed E-state index contributed by atoms with van der Waals surface area (Å²) in [6.45, 7) is 2.09. The van der Waals surface area contributed by atoms with E-state index in [0.717, 1.165) is 0 Å². The third-order valence-corrected chi connectivity index (χ3v) is 4.27. The van der Waals surface area contributed by atoms with Crippen molar-refractivity contribution in [1.29, 1.82) is 0 Å². The summed E-state index contributed by atoms with van der Waals surface area (Å²) in [4.78, 5) is 4.02. The molecule has 2 aromatic rings. The zero-order valence-corrected chi connectivity index (χ0v) is 12.0. The molecule has 0 saturated carbocycles. The summed E-state index contributed by atoms with van der Waals surface area (Å²) in [6.07, 6.45) is 2.96. The minimum Gasteiger partial charge on any atom is -0.497 e. The van der Waals surface area contributed by atoms with Crippen LogP contribution in [0.3, 0.4) is 0 Å².